The van der Waals surface area contributed by atoms with E-state index in [9.17, 15) is 9.59 Å². The van der Waals surface area contributed by atoms with Crippen LogP contribution >= 0.6 is 0 Å². The van der Waals surface area contributed by atoms with E-state index in [2.05, 4.69) is 10.6 Å². The van der Waals surface area contributed by atoms with Gasteiger partial charge in [0.25, 0.3) is 5.91 Å². The molecule has 3 rings (SSSR count). The lowest BCUT2D eigenvalue weighted by Crippen LogP contribution is -2.25. The van der Waals surface area contributed by atoms with Gasteiger partial charge in [-0.3, -0.25) is 10.2 Å². The number of amides is 1. The summed E-state index contributed by atoms with van der Waals surface area (Å²) in [7, 11) is 0. The molecular weight excluding hydrogens is 342 g/mol. The molecular formula is C21H19N3O3. The number of aliphatic carboxylic acids is 1. The number of nitrogens with one attached hydrogen (secondary N) is 3. The maximum Gasteiger partial charge on any atom is 0.354 e. The van der Waals surface area contributed by atoms with E-state index < -0.39 is 17.6 Å². The van der Waals surface area contributed by atoms with Crippen molar-refractivity contribution in [2.24, 2.45) is 0 Å². The van der Waals surface area contributed by atoms with Crippen LogP contribution in [0.15, 0.2) is 66.3 Å². The third kappa shape index (κ3) is 4.49. The average molecular weight is 361 g/mol. The van der Waals surface area contributed by atoms with Crippen LogP contribution in [0.4, 0.5) is 11.4 Å². The number of benzene rings is 2. The summed E-state index contributed by atoms with van der Waals surface area (Å²) in [5, 5.41) is 22.7. The number of carboxylic acid groups (broad SMARTS) is 1. The number of hydrogen-bond acceptors (Lipinski definition) is 4. The molecule has 0 radical (unpaired) electrons. The summed E-state index contributed by atoms with van der Waals surface area (Å²) in [6.45, 7) is 0.919. The van der Waals surface area contributed by atoms with Crippen LogP contribution < -0.4 is 10.6 Å². The number of anilines is 2. The van der Waals surface area contributed by atoms with Crippen molar-refractivity contribution in [3.05, 3.63) is 77.4 Å². The molecule has 1 heterocycles. The summed E-state index contributed by atoms with van der Waals surface area (Å²) in [4.78, 5) is 23.6. The van der Waals surface area contributed by atoms with E-state index in [4.69, 9.17) is 10.5 Å². The maximum atomic E-state index is 12.4. The molecule has 136 valence electrons. The Labute approximate surface area is 156 Å². The molecule has 1 aliphatic rings. The summed E-state index contributed by atoms with van der Waals surface area (Å²) >= 11 is 0. The van der Waals surface area contributed by atoms with Crippen molar-refractivity contribution >= 4 is 35.0 Å². The van der Waals surface area contributed by atoms with Crippen LogP contribution in [-0.4, -0.2) is 29.2 Å². The first-order chi connectivity index (χ1) is 13.0. The number of carbonyl (C=O) groups excluding carboxylic acids is 1. The van der Waals surface area contributed by atoms with E-state index in [-0.39, 0.29) is 5.57 Å². The van der Waals surface area contributed by atoms with Crippen molar-refractivity contribution in [2.45, 2.75) is 6.42 Å². The molecule has 0 fully saturated rings. The van der Waals surface area contributed by atoms with Gasteiger partial charge in [-0.1, -0.05) is 36.4 Å². The fraction of sp³-hybridized carbons (Fsp3) is 0.0952. The Kier molecular flexibility index (Phi) is 5.47. The van der Waals surface area contributed by atoms with E-state index in [1.54, 1.807) is 42.5 Å². The van der Waals surface area contributed by atoms with Crippen molar-refractivity contribution < 1.29 is 14.7 Å². The first kappa shape index (κ1) is 18.1. The smallest absolute Gasteiger partial charge is 0.354 e. The SMILES string of the molecule is N=C(C(=O)O)/C(=C/C=C/c1ccc2c(c1)CCN2)C(=O)Nc1ccccc1. The van der Waals surface area contributed by atoms with E-state index in [1.165, 1.54) is 11.6 Å². The average Bonchev–Trinajstić information content (AvgIpc) is 3.13. The van der Waals surface area contributed by atoms with Crippen LogP contribution in [0, 0.1) is 5.41 Å². The number of fused-ring (bicyclic) bond motifs is 1. The Morgan fingerprint density at radius 3 is 2.67 bits per heavy atom. The lowest BCUT2D eigenvalue weighted by Gasteiger charge is -2.07. The standard InChI is InChI=1S/C21H19N3O3/c22-19(21(26)27)17(20(25)24-16-6-2-1-3-7-16)8-4-5-14-9-10-18-15(13-14)11-12-23-18/h1-10,13,22-23H,11-12H2,(H,24,25)(H,26,27)/b5-4+,17-8-,22-19?. The summed E-state index contributed by atoms with van der Waals surface area (Å²) in [6, 6.07) is 14.7. The number of hydrogen-bond donors (Lipinski definition) is 4. The van der Waals surface area contributed by atoms with Crippen molar-refractivity contribution in [1.82, 2.24) is 0 Å². The molecule has 0 bridgehead atoms. The van der Waals surface area contributed by atoms with Gasteiger partial charge in [0.2, 0.25) is 0 Å². The zero-order chi connectivity index (χ0) is 19.2. The van der Waals surface area contributed by atoms with E-state index in [0.29, 0.717) is 5.69 Å². The topological polar surface area (TPSA) is 102 Å². The third-order valence-corrected chi connectivity index (χ3v) is 4.15. The Bertz CT molecular complexity index is 946. The number of allylic oxidation sites excluding steroid dienone is 2. The van der Waals surface area contributed by atoms with Gasteiger partial charge in [-0.05, 0) is 47.9 Å². The van der Waals surface area contributed by atoms with Crippen LogP contribution in [0.25, 0.3) is 6.08 Å². The van der Waals surface area contributed by atoms with Gasteiger partial charge in [0, 0.05) is 17.9 Å². The molecule has 6 heteroatoms. The minimum Gasteiger partial charge on any atom is -0.477 e. The molecule has 27 heavy (non-hydrogen) atoms. The van der Waals surface area contributed by atoms with Crippen LogP contribution in [0.1, 0.15) is 11.1 Å². The van der Waals surface area contributed by atoms with Gasteiger partial charge in [0.05, 0.1) is 5.57 Å². The molecule has 0 saturated heterocycles. The zero-order valence-corrected chi connectivity index (χ0v) is 14.5. The first-order valence-corrected chi connectivity index (χ1v) is 8.48. The molecule has 4 N–H and O–H groups in total. The molecule has 1 amide bonds. The summed E-state index contributed by atoms with van der Waals surface area (Å²) in [5.74, 6) is -2.10. The highest BCUT2D eigenvalue weighted by atomic mass is 16.4. The second-order valence-corrected chi connectivity index (χ2v) is 6.03. The molecule has 0 spiro atoms. The number of para-hydroxylation sites is 1. The quantitative estimate of drug-likeness (QED) is 0.360. The monoisotopic (exact) mass is 361 g/mol. The molecule has 2 aromatic rings. The fourth-order valence-corrected chi connectivity index (χ4v) is 2.79. The van der Waals surface area contributed by atoms with Gasteiger partial charge in [-0.2, -0.15) is 0 Å². The van der Waals surface area contributed by atoms with Gasteiger partial charge < -0.3 is 15.7 Å². The highest BCUT2D eigenvalue weighted by molar-refractivity contribution is 6.48. The Morgan fingerprint density at radius 2 is 1.93 bits per heavy atom. The molecule has 0 aliphatic carbocycles. The van der Waals surface area contributed by atoms with Gasteiger partial charge in [-0.15, -0.1) is 0 Å². The number of rotatable bonds is 6. The lowest BCUT2D eigenvalue weighted by atomic mass is 10.1. The summed E-state index contributed by atoms with van der Waals surface area (Å²) in [5.41, 5.74) is 2.84. The van der Waals surface area contributed by atoms with E-state index in [0.717, 1.165) is 24.2 Å². The fourth-order valence-electron chi connectivity index (χ4n) is 2.79. The van der Waals surface area contributed by atoms with Crippen LogP contribution in [-0.2, 0) is 16.0 Å². The van der Waals surface area contributed by atoms with Crippen molar-refractivity contribution in [3.63, 3.8) is 0 Å². The van der Waals surface area contributed by atoms with Crippen molar-refractivity contribution in [3.8, 4) is 0 Å². The van der Waals surface area contributed by atoms with Gasteiger partial charge in [0.15, 0.2) is 5.71 Å². The minimum absolute atomic E-state index is 0.217. The number of carboxylic acids is 1. The summed E-state index contributed by atoms with van der Waals surface area (Å²) in [6.07, 6.45) is 5.67. The highest BCUT2D eigenvalue weighted by Crippen LogP contribution is 2.23. The molecule has 0 saturated carbocycles. The molecule has 0 aromatic heterocycles. The molecule has 1 aliphatic heterocycles. The minimum atomic E-state index is -1.46. The zero-order valence-electron chi connectivity index (χ0n) is 14.5. The van der Waals surface area contributed by atoms with Gasteiger partial charge in [-0.25, -0.2) is 4.79 Å². The van der Waals surface area contributed by atoms with Crippen molar-refractivity contribution in [2.75, 3.05) is 17.2 Å². The second-order valence-electron chi connectivity index (χ2n) is 6.03. The van der Waals surface area contributed by atoms with Crippen molar-refractivity contribution in [1.29, 1.82) is 5.41 Å². The molecule has 2 aromatic carbocycles. The van der Waals surface area contributed by atoms with Crippen LogP contribution in [0.3, 0.4) is 0 Å². The van der Waals surface area contributed by atoms with Crippen LogP contribution in [0.5, 0.6) is 0 Å². The first-order valence-electron chi connectivity index (χ1n) is 8.48. The van der Waals surface area contributed by atoms with E-state index in [1.807, 2.05) is 18.2 Å². The predicted octanol–water partition coefficient (Wildman–Crippen LogP) is 3.34. The maximum absolute atomic E-state index is 12.4. The number of carbonyl (C=O) groups is 2. The third-order valence-electron chi connectivity index (χ3n) is 4.15. The Morgan fingerprint density at radius 1 is 1.15 bits per heavy atom. The molecule has 6 nitrogen and oxygen atoms in total. The largest absolute Gasteiger partial charge is 0.477 e. The second kappa shape index (κ2) is 8.14. The molecule has 0 unspecified atom stereocenters. The predicted molar refractivity (Wildman–Crippen MR) is 106 cm³/mol. The highest BCUT2D eigenvalue weighted by Gasteiger charge is 2.20. The Balaban J connectivity index is 1.80. The normalized spacial score (nSPS) is 13.1. The Hall–Kier alpha value is -3.67. The van der Waals surface area contributed by atoms with Gasteiger partial charge >= 0.3 is 5.97 Å². The summed E-state index contributed by atoms with van der Waals surface area (Å²) < 4.78 is 0. The lowest BCUT2D eigenvalue weighted by molar-refractivity contribution is -0.129. The van der Waals surface area contributed by atoms with Gasteiger partial charge in [0.1, 0.15) is 0 Å². The van der Waals surface area contributed by atoms with Crippen LogP contribution in [0.2, 0.25) is 0 Å². The van der Waals surface area contributed by atoms with E-state index >= 15 is 0 Å². The molecule has 0 atom stereocenters.